The lowest BCUT2D eigenvalue weighted by molar-refractivity contribution is -0.137. The summed E-state index contributed by atoms with van der Waals surface area (Å²) in [6.07, 6.45) is -4.98. The molecule has 66 valence electrons. The normalized spacial score (nSPS) is 15.2. The number of rotatable bonds is 0. The van der Waals surface area contributed by atoms with E-state index in [4.69, 9.17) is 4.11 Å². The first-order valence-electron chi connectivity index (χ1n) is 4.19. The van der Waals surface area contributed by atoms with Crippen molar-refractivity contribution in [2.24, 2.45) is 0 Å². The molecule has 0 saturated carbocycles. The highest BCUT2D eigenvalue weighted by atomic mass is 79.9. The zero-order valence-corrected chi connectivity index (χ0v) is 6.98. The molecule has 1 aromatic rings. The van der Waals surface area contributed by atoms with Crippen LogP contribution in [0.2, 0.25) is 0 Å². The predicted octanol–water partition coefficient (Wildman–Crippen LogP) is 3.61. The second kappa shape index (κ2) is 3.05. The van der Waals surface area contributed by atoms with Gasteiger partial charge in [-0.1, -0.05) is 15.9 Å². The third-order valence-corrected chi connectivity index (χ3v) is 1.37. The van der Waals surface area contributed by atoms with Crippen LogP contribution >= 0.6 is 15.9 Å². The number of benzene rings is 1. The summed E-state index contributed by atoms with van der Waals surface area (Å²) in [6.45, 7) is 0. The Balaban J connectivity index is 3.68. The molecule has 0 radical (unpaired) electrons. The Bertz CT molecular complexity index is 387. The van der Waals surface area contributed by atoms with Gasteiger partial charge in [-0.05, 0) is 18.1 Å². The maximum Gasteiger partial charge on any atom is 0.416 e. The van der Waals surface area contributed by atoms with E-state index in [1.165, 1.54) is 0 Å². The van der Waals surface area contributed by atoms with Gasteiger partial charge in [0.2, 0.25) is 0 Å². The summed E-state index contributed by atoms with van der Waals surface area (Å²) in [6, 6.07) is -3.49. The first-order chi connectivity index (χ1) is 6.68. The number of halogens is 5. The fourth-order valence-corrected chi connectivity index (χ4v) is 0.924. The molecule has 0 spiro atoms. The molecule has 1 rings (SSSR count). The van der Waals surface area contributed by atoms with Gasteiger partial charge in [0.05, 0.1) is 9.68 Å². The van der Waals surface area contributed by atoms with Crippen LogP contribution in [0.25, 0.3) is 0 Å². The second-order valence-corrected chi connectivity index (χ2v) is 2.67. The summed E-state index contributed by atoms with van der Waals surface area (Å²) in [5.41, 5.74) is -1.68. The average molecular weight is 246 g/mol. The third kappa shape index (κ3) is 2.20. The molecule has 0 aliphatic heterocycles. The van der Waals surface area contributed by atoms with Crippen LogP contribution in [0.4, 0.5) is 17.6 Å². The van der Waals surface area contributed by atoms with Crippen molar-refractivity contribution in [2.75, 3.05) is 0 Å². The van der Waals surface area contributed by atoms with Crippen molar-refractivity contribution in [1.29, 1.82) is 0 Å². The van der Waals surface area contributed by atoms with E-state index < -0.39 is 40.2 Å². The molecule has 0 heterocycles. The molecular formula is C7H3BrF4. The molecule has 0 bridgehead atoms. The largest absolute Gasteiger partial charge is 0.416 e. The van der Waals surface area contributed by atoms with Crippen LogP contribution in [-0.2, 0) is 6.18 Å². The molecule has 5 heteroatoms. The van der Waals surface area contributed by atoms with Gasteiger partial charge in [0.25, 0.3) is 0 Å². The van der Waals surface area contributed by atoms with Crippen molar-refractivity contribution >= 4 is 15.9 Å². The predicted molar refractivity (Wildman–Crippen MR) is 39.1 cm³/mol. The van der Waals surface area contributed by atoms with Gasteiger partial charge in [0.15, 0.2) is 0 Å². The van der Waals surface area contributed by atoms with Crippen molar-refractivity contribution in [3.05, 3.63) is 34.0 Å². The quantitative estimate of drug-likeness (QED) is 0.613. The smallest absolute Gasteiger partial charge is 0.207 e. The monoisotopic (exact) mass is 245 g/mol. The first kappa shape index (κ1) is 5.96. The molecule has 0 atom stereocenters. The second-order valence-electron chi connectivity index (χ2n) is 1.88. The van der Waals surface area contributed by atoms with Crippen molar-refractivity contribution in [3.8, 4) is 0 Å². The van der Waals surface area contributed by atoms with Gasteiger partial charge in [0.1, 0.15) is 5.82 Å². The summed E-state index contributed by atoms with van der Waals surface area (Å²) >= 11 is 2.51. The van der Waals surface area contributed by atoms with Gasteiger partial charge in [-0.3, -0.25) is 0 Å². The summed E-state index contributed by atoms with van der Waals surface area (Å²) in [7, 11) is 0. The standard InChI is InChI=1S/C7H3BrF4/c8-5-1-4(7(10,11)12)2-6(9)3-5/h1-3H/i1D,2D,3D. The van der Waals surface area contributed by atoms with E-state index in [2.05, 4.69) is 15.9 Å². The van der Waals surface area contributed by atoms with Crippen LogP contribution in [-0.4, -0.2) is 0 Å². The molecule has 0 saturated heterocycles. The average Bonchev–Trinajstić information content (AvgIpc) is 2.09. The molecule has 0 aliphatic carbocycles. The molecule has 0 nitrogen and oxygen atoms in total. The van der Waals surface area contributed by atoms with Crippen LogP contribution in [0.15, 0.2) is 22.6 Å². The van der Waals surface area contributed by atoms with Crippen LogP contribution in [0.5, 0.6) is 0 Å². The highest BCUT2D eigenvalue weighted by Gasteiger charge is 2.31. The summed E-state index contributed by atoms with van der Waals surface area (Å²) in [4.78, 5) is 0. The molecule has 0 amide bonds. The van der Waals surface area contributed by atoms with Crippen LogP contribution in [0.1, 0.15) is 9.68 Å². The molecule has 0 fully saturated rings. The van der Waals surface area contributed by atoms with E-state index in [0.717, 1.165) is 0 Å². The van der Waals surface area contributed by atoms with Crippen molar-refractivity contribution in [3.63, 3.8) is 0 Å². The minimum absolute atomic E-state index is 0.608. The Kier molecular flexibility index (Phi) is 1.51. The number of alkyl halides is 3. The molecule has 0 unspecified atom stereocenters. The fourth-order valence-electron chi connectivity index (χ4n) is 0.551. The topological polar surface area (TPSA) is 0 Å². The highest BCUT2D eigenvalue weighted by Crippen LogP contribution is 2.31. The van der Waals surface area contributed by atoms with Crippen molar-refractivity contribution < 1.29 is 21.7 Å². The Morgan fingerprint density at radius 3 is 2.33 bits per heavy atom. The highest BCUT2D eigenvalue weighted by molar-refractivity contribution is 9.10. The zero-order valence-electron chi connectivity index (χ0n) is 8.39. The summed E-state index contributed by atoms with van der Waals surface area (Å²) in [5, 5.41) is 0. The first-order valence-corrected chi connectivity index (χ1v) is 3.49. The molecule has 0 aromatic heterocycles. The van der Waals surface area contributed by atoms with Crippen molar-refractivity contribution in [1.82, 2.24) is 0 Å². The van der Waals surface area contributed by atoms with E-state index in [1.807, 2.05) is 0 Å². The number of hydrogen-bond donors (Lipinski definition) is 0. The van der Waals surface area contributed by atoms with Gasteiger partial charge < -0.3 is 0 Å². The SMILES string of the molecule is [2H]c1c(F)c([2H])c(C(F)(F)F)c([2H])c1Br. The van der Waals surface area contributed by atoms with Crippen LogP contribution in [0.3, 0.4) is 0 Å². The van der Waals surface area contributed by atoms with Crippen molar-refractivity contribution in [2.45, 2.75) is 6.18 Å². The molecule has 12 heavy (non-hydrogen) atoms. The summed E-state index contributed by atoms with van der Waals surface area (Å²) in [5.74, 6) is -1.59. The third-order valence-electron chi connectivity index (χ3n) is 0.972. The minimum atomic E-state index is -4.98. The minimum Gasteiger partial charge on any atom is -0.207 e. The van der Waals surface area contributed by atoms with E-state index in [9.17, 15) is 17.6 Å². The molecule has 1 aromatic carbocycles. The van der Waals surface area contributed by atoms with Gasteiger partial charge >= 0.3 is 6.18 Å². The lowest BCUT2D eigenvalue weighted by Crippen LogP contribution is -2.05. The fraction of sp³-hybridized carbons (Fsp3) is 0.143. The zero-order chi connectivity index (χ0) is 12.0. The van der Waals surface area contributed by atoms with Crippen LogP contribution in [0, 0.1) is 5.82 Å². The molecular weight excluding hydrogens is 240 g/mol. The van der Waals surface area contributed by atoms with Gasteiger partial charge in [-0.25, -0.2) is 4.39 Å². The van der Waals surface area contributed by atoms with Gasteiger partial charge in [0, 0.05) is 4.47 Å². The Morgan fingerprint density at radius 1 is 1.25 bits per heavy atom. The maximum atomic E-state index is 13.0. The van der Waals surface area contributed by atoms with E-state index in [0.29, 0.717) is 0 Å². The summed E-state index contributed by atoms with van der Waals surface area (Å²) < 4.78 is 70.2. The Hall–Kier alpha value is -0.580. The Morgan fingerprint density at radius 2 is 1.83 bits per heavy atom. The maximum absolute atomic E-state index is 13.0. The van der Waals surface area contributed by atoms with Gasteiger partial charge in [-0.2, -0.15) is 13.2 Å². The van der Waals surface area contributed by atoms with Gasteiger partial charge in [-0.15, -0.1) is 0 Å². The van der Waals surface area contributed by atoms with E-state index in [1.54, 1.807) is 0 Å². The van der Waals surface area contributed by atoms with E-state index >= 15 is 0 Å². The molecule has 0 aliphatic rings. The lowest BCUT2D eigenvalue weighted by atomic mass is 10.2. The Labute approximate surface area is 78.5 Å². The number of hydrogen-bond acceptors (Lipinski definition) is 0. The molecule has 0 N–H and O–H groups in total. The van der Waals surface area contributed by atoms with Crippen LogP contribution < -0.4 is 0 Å². The van der Waals surface area contributed by atoms with E-state index in [-0.39, 0.29) is 0 Å². The lowest BCUT2D eigenvalue weighted by Gasteiger charge is -2.06.